The van der Waals surface area contributed by atoms with Gasteiger partial charge in [-0.15, -0.1) is 0 Å². The van der Waals surface area contributed by atoms with Gasteiger partial charge in [-0.25, -0.2) is 0 Å². The maximum Gasteiger partial charge on any atom is 0.270 e. The van der Waals surface area contributed by atoms with Crippen LogP contribution < -0.4 is 25.2 Å². The molecule has 1 fully saturated rings. The van der Waals surface area contributed by atoms with Crippen LogP contribution in [-0.2, 0) is 0 Å². The van der Waals surface area contributed by atoms with Crippen LogP contribution in [0.1, 0.15) is 34.6 Å². The predicted octanol–water partition coefficient (Wildman–Crippen LogP) is 4.32. The number of nitrogens with one attached hydrogen (secondary N) is 2. The van der Waals surface area contributed by atoms with Crippen molar-refractivity contribution in [3.63, 3.8) is 0 Å². The Morgan fingerprint density at radius 2 is 1.58 bits per heavy atom. The van der Waals surface area contributed by atoms with Crippen LogP contribution in [0.25, 0.3) is 0 Å². The highest BCUT2D eigenvalue weighted by atomic mass is 16.6. The molecule has 3 aromatic rings. The maximum absolute atomic E-state index is 13.2. The van der Waals surface area contributed by atoms with Crippen LogP contribution in [0, 0.1) is 10.1 Å². The Kier molecular flexibility index (Phi) is 8.10. The first kappa shape index (κ1) is 26.5. The lowest BCUT2D eigenvalue weighted by Gasteiger charge is -2.38. The van der Waals surface area contributed by atoms with Gasteiger partial charge in [0.2, 0.25) is 0 Å². The van der Waals surface area contributed by atoms with E-state index in [9.17, 15) is 19.7 Å². The van der Waals surface area contributed by atoms with E-state index in [2.05, 4.69) is 20.4 Å². The van der Waals surface area contributed by atoms with E-state index in [-0.39, 0.29) is 23.2 Å². The first-order valence-electron chi connectivity index (χ1n) is 12.4. The minimum absolute atomic E-state index is 0.0686. The second-order valence-corrected chi connectivity index (χ2v) is 9.27. The molecule has 10 heteroatoms. The Morgan fingerprint density at radius 3 is 2.24 bits per heavy atom. The van der Waals surface area contributed by atoms with Crippen molar-refractivity contribution >= 4 is 34.6 Å². The predicted molar refractivity (Wildman–Crippen MR) is 148 cm³/mol. The summed E-state index contributed by atoms with van der Waals surface area (Å²) in [6.07, 6.45) is 0. The minimum atomic E-state index is -0.548. The van der Waals surface area contributed by atoms with Crippen LogP contribution >= 0.6 is 0 Å². The van der Waals surface area contributed by atoms with Gasteiger partial charge >= 0.3 is 0 Å². The van der Waals surface area contributed by atoms with Crippen molar-refractivity contribution in [2.24, 2.45) is 0 Å². The lowest BCUT2D eigenvalue weighted by atomic mass is 10.1. The summed E-state index contributed by atoms with van der Waals surface area (Å²) in [4.78, 5) is 40.9. The Labute approximate surface area is 221 Å². The molecule has 1 aliphatic heterocycles. The van der Waals surface area contributed by atoms with Crippen molar-refractivity contribution < 1.29 is 19.2 Å². The molecule has 10 nitrogen and oxygen atoms in total. The number of piperazine rings is 1. The monoisotopic (exact) mass is 517 g/mol. The molecule has 2 N–H and O–H groups in total. The molecule has 0 saturated carbocycles. The maximum atomic E-state index is 13.2. The van der Waals surface area contributed by atoms with E-state index in [1.807, 2.05) is 44.2 Å². The molecule has 198 valence electrons. The van der Waals surface area contributed by atoms with Crippen molar-refractivity contribution in [3.8, 4) is 5.75 Å². The molecule has 0 aromatic heterocycles. The van der Waals surface area contributed by atoms with Gasteiger partial charge in [0.05, 0.1) is 23.3 Å². The smallest absolute Gasteiger partial charge is 0.270 e. The topological polar surface area (TPSA) is 117 Å². The molecule has 4 rings (SSSR count). The molecule has 1 saturated heterocycles. The third kappa shape index (κ3) is 6.03. The largest absolute Gasteiger partial charge is 0.495 e. The van der Waals surface area contributed by atoms with Gasteiger partial charge in [0.1, 0.15) is 5.75 Å². The quantitative estimate of drug-likeness (QED) is 0.338. The van der Waals surface area contributed by atoms with Gasteiger partial charge in [-0.3, -0.25) is 19.7 Å². The molecule has 0 radical (unpaired) electrons. The van der Waals surface area contributed by atoms with Crippen LogP contribution in [0.5, 0.6) is 5.75 Å². The number of nitro groups is 1. The number of carbonyl (C=O) groups excluding carboxylic acids is 2. The molecule has 0 spiro atoms. The SMILES string of the molecule is COc1ccccc1N1CCN(c2ccc(NC(=O)c3cccc([N+](=O)[O-])c3)cc2C(=O)NC(C)C)CC1. The van der Waals surface area contributed by atoms with Crippen molar-refractivity contribution in [1.82, 2.24) is 5.32 Å². The Balaban J connectivity index is 1.55. The van der Waals surface area contributed by atoms with Gasteiger partial charge in [-0.1, -0.05) is 18.2 Å². The number of hydrogen-bond donors (Lipinski definition) is 2. The average molecular weight is 518 g/mol. The second-order valence-electron chi connectivity index (χ2n) is 9.27. The molecule has 1 heterocycles. The number of benzene rings is 3. The van der Waals surface area contributed by atoms with Gasteiger partial charge in [-0.2, -0.15) is 0 Å². The van der Waals surface area contributed by atoms with E-state index in [0.717, 1.165) is 30.2 Å². The molecule has 0 bridgehead atoms. The fourth-order valence-electron chi connectivity index (χ4n) is 4.45. The summed E-state index contributed by atoms with van der Waals surface area (Å²) in [7, 11) is 1.66. The number of nitrogens with zero attached hydrogens (tertiary/aromatic N) is 3. The summed E-state index contributed by atoms with van der Waals surface area (Å²) < 4.78 is 5.52. The molecular weight excluding hydrogens is 486 g/mol. The van der Waals surface area contributed by atoms with Crippen molar-refractivity contribution in [2.75, 3.05) is 48.4 Å². The molecular formula is C28H31N5O5. The Morgan fingerprint density at radius 1 is 0.895 bits per heavy atom. The van der Waals surface area contributed by atoms with Crippen molar-refractivity contribution in [3.05, 3.63) is 88.0 Å². The van der Waals surface area contributed by atoms with Crippen LogP contribution in [0.2, 0.25) is 0 Å². The molecule has 0 aliphatic carbocycles. The average Bonchev–Trinajstić information content (AvgIpc) is 2.92. The highest BCUT2D eigenvalue weighted by molar-refractivity contribution is 6.06. The minimum Gasteiger partial charge on any atom is -0.495 e. The lowest BCUT2D eigenvalue weighted by molar-refractivity contribution is -0.384. The number of para-hydroxylation sites is 2. The van der Waals surface area contributed by atoms with Gasteiger partial charge in [0, 0.05) is 61.3 Å². The zero-order chi connectivity index (χ0) is 27.2. The van der Waals surface area contributed by atoms with E-state index < -0.39 is 10.8 Å². The Bertz CT molecular complexity index is 1330. The highest BCUT2D eigenvalue weighted by Crippen LogP contribution is 2.31. The first-order valence-corrected chi connectivity index (χ1v) is 12.4. The number of amides is 2. The third-order valence-electron chi connectivity index (χ3n) is 6.28. The summed E-state index contributed by atoms with van der Waals surface area (Å²) in [5.74, 6) is 0.0810. The van der Waals surface area contributed by atoms with Gasteiger partial charge in [0.25, 0.3) is 17.5 Å². The fraction of sp³-hybridized carbons (Fsp3) is 0.286. The van der Waals surface area contributed by atoms with Crippen LogP contribution in [0.3, 0.4) is 0 Å². The van der Waals surface area contributed by atoms with E-state index in [0.29, 0.717) is 24.3 Å². The number of ether oxygens (including phenoxy) is 1. The van der Waals surface area contributed by atoms with Crippen LogP contribution in [0.15, 0.2) is 66.7 Å². The highest BCUT2D eigenvalue weighted by Gasteiger charge is 2.24. The third-order valence-corrected chi connectivity index (χ3v) is 6.28. The zero-order valence-corrected chi connectivity index (χ0v) is 21.6. The van der Waals surface area contributed by atoms with E-state index >= 15 is 0 Å². The van der Waals surface area contributed by atoms with Crippen LogP contribution in [0.4, 0.5) is 22.7 Å². The molecule has 3 aromatic carbocycles. The number of nitro benzene ring substituents is 1. The second kappa shape index (κ2) is 11.6. The van der Waals surface area contributed by atoms with Crippen LogP contribution in [-0.4, -0.2) is 56.1 Å². The normalized spacial score (nSPS) is 13.3. The molecule has 38 heavy (non-hydrogen) atoms. The van der Waals surface area contributed by atoms with Crippen molar-refractivity contribution in [2.45, 2.75) is 19.9 Å². The fourth-order valence-corrected chi connectivity index (χ4v) is 4.45. The summed E-state index contributed by atoms with van der Waals surface area (Å²) >= 11 is 0. The number of anilines is 3. The van der Waals surface area contributed by atoms with Gasteiger partial charge < -0.3 is 25.2 Å². The first-order chi connectivity index (χ1) is 18.3. The summed E-state index contributed by atoms with van der Waals surface area (Å²) in [6, 6.07) is 18.6. The number of carbonyl (C=O) groups is 2. The Hall–Kier alpha value is -4.60. The van der Waals surface area contributed by atoms with E-state index in [4.69, 9.17) is 4.74 Å². The van der Waals surface area contributed by atoms with Crippen molar-refractivity contribution in [1.29, 1.82) is 0 Å². The summed E-state index contributed by atoms with van der Waals surface area (Å²) in [6.45, 7) is 6.65. The zero-order valence-electron chi connectivity index (χ0n) is 21.6. The standard InChI is InChI=1S/C28H31N5O5/c1-19(2)29-28(35)23-18-21(30-27(34)20-7-6-8-22(17-20)33(36)37)11-12-24(23)31-13-15-32(16-14-31)25-9-4-5-10-26(25)38-3/h4-12,17-19H,13-16H2,1-3H3,(H,29,35)(H,30,34). The van der Waals surface area contributed by atoms with Gasteiger partial charge in [0.15, 0.2) is 0 Å². The lowest BCUT2D eigenvalue weighted by Crippen LogP contribution is -2.47. The molecule has 0 atom stereocenters. The van der Waals surface area contributed by atoms with E-state index in [1.165, 1.54) is 24.3 Å². The number of rotatable bonds is 8. The molecule has 1 aliphatic rings. The summed E-state index contributed by atoms with van der Waals surface area (Å²) in [5, 5.41) is 16.8. The van der Waals surface area contributed by atoms with E-state index in [1.54, 1.807) is 19.2 Å². The van der Waals surface area contributed by atoms with Gasteiger partial charge in [-0.05, 0) is 50.2 Å². The number of non-ortho nitro benzene ring substituents is 1. The number of hydrogen-bond acceptors (Lipinski definition) is 7. The number of methoxy groups -OCH3 is 1. The summed E-state index contributed by atoms with van der Waals surface area (Å²) in [5.41, 5.74) is 2.66. The molecule has 0 unspecified atom stereocenters. The molecule has 2 amide bonds.